The molecule has 1 heterocycles. The second-order valence-electron chi connectivity index (χ2n) is 6.40. The predicted molar refractivity (Wildman–Crippen MR) is 102 cm³/mol. The quantitative estimate of drug-likeness (QED) is 0.540. The molecule has 3 rings (SSSR count). The molecule has 1 saturated carbocycles. The van der Waals surface area contributed by atoms with Gasteiger partial charge in [-0.1, -0.05) is 36.0 Å². The lowest BCUT2D eigenvalue weighted by Crippen LogP contribution is -2.27. The Balaban J connectivity index is 1.69. The van der Waals surface area contributed by atoms with Gasteiger partial charge >= 0.3 is 0 Å². The number of allylic oxidation sites excluding steroid dienone is 1. The van der Waals surface area contributed by atoms with Crippen molar-refractivity contribution in [2.24, 2.45) is 0 Å². The molecule has 7 heteroatoms. The van der Waals surface area contributed by atoms with E-state index >= 15 is 0 Å². The fraction of sp³-hybridized carbons (Fsp3) is 0.421. The number of hydrogen-bond donors (Lipinski definition) is 1. The van der Waals surface area contributed by atoms with Crippen molar-refractivity contribution in [3.63, 3.8) is 0 Å². The third-order valence-corrected chi connectivity index (χ3v) is 5.06. The number of nitrogens with one attached hydrogen (secondary N) is 1. The lowest BCUT2D eigenvalue weighted by atomic mass is 10.2. The van der Waals surface area contributed by atoms with Crippen LogP contribution < -0.4 is 10.1 Å². The second kappa shape index (κ2) is 8.40. The number of rotatable bonds is 9. The Kier molecular flexibility index (Phi) is 5.98. The zero-order chi connectivity index (χ0) is 18.5. The fourth-order valence-corrected chi connectivity index (χ4v) is 3.33. The highest BCUT2D eigenvalue weighted by molar-refractivity contribution is 7.99. The maximum absolute atomic E-state index is 11.9. The molecule has 1 aromatic carbocycles. The molecule has 1 aliphatic carbocycles. The van der Waals surface area contributed by atoms with Gasteiger partial charge in [-0.15, -0.1) is 16.8 Å². The van der Waals surface area contributed by atoms with Crippen LogP contribution in [0.25, 0.3) is 0 Å². The van der Waals surface area contributed by atoms with E-state index in [1.54, 1.807) is 6.08 Å². The molecule has 0 spiro atoms. The van der Waals surface area contributed by atoms with Crippen molar-refractivity contribution in [2.75, 3.05) is 5.75 Å². The molecule has 1 aliphatic rings. The van der Waals surface area contributed by atoms with Gasteiger partial charge in [-0.05, 0) is 38.3 Å². The summed E-state index contributed by atoms with van der Waals surface area (Å²) in [5.41, 5.74) is 1.07. The molecule has 1 unspecified atom stereocenters. The van der Waals surface area contributed by atoms with E-state index in [0.717, 1.165) is 30.0 Å². The van der Waals surface area contributed by atoms with E-state index < -0.39 is 0 Å². The van der Waals surface area contributed by atoms with E-state index in [4.69, 9.17) is 4.74 Å². The van der Waals surface area contributed by atoms with Crippen LogP contribution in [-0.4, -0.2) is 32.5 Å². The average molecular weight is 372 g/mol. The lowest BCUT2D eigenvalue weighted by molar-refractivity contribution is -0.118. The number of carbonyl (C=O) groups is 1. The highest BCUT2D eigenvalue weighted by atomic mass is 32.2. The number of aryl methyl sites for hydroxylation is 1. The molecule has 1 atom stereocenters. The Hall–Kier alpha value is -2.28. The van der Waals surface area contributed by atoms with Gasteiger partial charge in [-0.25, -0.2) is 0 Å². The van der Waals surface area contributed by atoms with Crippen LogP contribution in [-0.2, 0) is 11.3 Å². The Morgan fingerprint density at radius 3 is 2.92 bits per heavy atom. The third kappa shape index (κ3) is 4.66. The minimum atomic E-state index is -0.266. The molecule has 26 heavy (non-hydrogen) atoms. The number of thioether (sulfide) groups is 1. The number of aromatic nitrogens is 3. The van der Waals surface area contributed by atoms with Crippen molar-refractivity contribution in [1.82, 2.24) is 20.1 Å². The highest BCUT2D eigenvalue weighted by Gasteiger charge is 2.24. The van der Waals surface area contributed by atoms with Crippen LogP contribution in [0.3, 0.4) is 0 Å². The molecule has 1 amide bonds. The normalized spacial score (nSPS) is 14.7. The monoisotopic (exact) mass is 372 g/mol. The first-order valence-electron chi connectivity index (χ1n) is 8.77. The van der Waals surface area contributed by atoms with Crippen molar-refractivity contribution in [1.29, 1.82) is 0 Å². The molecule has 1 N–H and O–H groups in total. The number of carbonyl (C=O) groups excluding carboxylic acids is 1. The third-order valence-electron chi connectivity index (χ3n) is 4.09. The molecule has 1 fully saturated rings. The number of para-hydroxylation sites is 1. The van der Waals surface area contributed by atoms with Crippen LogP contribution in [0.4, 0.5) is 0 Å². The van der Waals surface area contributed by atoms with E-state index in [2.05, 4.69) is 22.1 Å². The van der Waals surface area contributed by atoms with Crippen molar-refractivity contribution in [2.45, 2.75) is 50.5 Å². The zero-order valence-corrected chi connectivity index (χ0v) is 16.0. The maximum atomic E-state index is 11.9. The van der Waals surface area contributed by atoms with Gasteiger partial charge in [0, 0.05) is 12.6 Å². The van der Waals surface area contributed by atoms with Crippen molar-refractivity contribution < 1.29 is 9.53 Å². The number of hydrogen-bond acceptors (Lipinski definition) is 5. The summed E-state index contributed by atoms with van der Waals surface area (Å²) in [6.45, 7) is 8.34. The van der Waals surface area contributed by atoms with Gasteiger partial charge in [0.25, 0.3) is 0 Å². The van der Waals surface area contributed by atoms with E-state index in [1.165, 1.54) is 11.8 Å². The van der Waals surface area contributed by atoms with Gasteiger partial charge in [0.05, 0.1) is 5.75 Å². The number of benzene rings is 1. The summed E-state index contributed by atoms with van der Waals surface area (Å²) in [4.78, 5) is 11.9. The minimum absolute atomic E-state index is 0.0383. The minimum Gasteiger partial charge on any atom is -0.482 e. The molecule has 0 saturated heterocycles. The summed E-state index contributed by atoms with van der Waals surface area (Å²) in [6, 6.07) is 8.25. The molecule has 0 radical (unpaired) electrons. The van der Waals surface area contributed by atoms with Gasteiger partial charge in [0.15, 0.2) is 17.1 Å². The smallest absolute Gasteiger partial charge is 0.230 e. The van der Waals surface area contributed by atoms with Crippen LogP contribution in [0, 0.1) is 6.92 Å². The Bertz CT molecular complexity index is 786. The van der Waals surface area contributed by atoms with Gasteiger partial charge in [-0.3, -0.25) is 9.36 Å². The van der Waals surface area contributed by atoms with Crippen LogP contribution in [0.5, 0.6) is 5.75 Å². The Morgan fingerprint density at radius 2 is 2.23 bits per heavy atom. The average Bonchev–Trinajstić information content (AvgIpc) is 3.34. The second-order valence-corrected chi connectivity index (χ2v) is 7.34. The van der Waals surface area contributed by atoms with Crippen LogP contribution in [0.2, 0.25) is 0 Å². The van der Waals surface area contributed by atoms with E-state index in [1.807, 2.05) is 42.7 Å². The Morgan fingerprint density at radius 1 is 1.46 bits per heavy atom. The maximum Gasteiger partial charge on any atom is 0.230 e. The van der Waals surface area contributed by atoms with Crippen molar-refractivity contribution >= 4 is 17.7 Å². The van der Waals surface area contributed by atoms with E-state index in [0.29, 0.717) is 23.5 Å². The summed E-state index contributed by atoms with van der Waals surface area (Å²) >= 11 is 1.39. The molecule has 0 bridgehead atoms. The first-order valence-corrected chi connectivity index (χ1v) is 9.75. The first kappa shape index (κ1) is 18.5. The highest BCUT2D eigenvalue weighted by Crippen LogP contribution is 2.26. The van der Waals surface area contributed by atoms with Crippen LogP contribution >= 0.6 is 11.8 Å². The van der Waals surface area contributed by atoms with Gasteiger partial charge in [0.2, 0.25) is 5.91 Å². The summed E-state index contributed by atoms with van der Waals surface area (Å²) in [5, 5.41) is 12.2. The lowest BCUT2D eigenvalue weighted by Gasteiger charge is -2.17. The number of amides is 1. The van der Waals surface area contributed by atoms with Crippen LogP contribution in [0.1, 0.15) is 37.3 Å². The molecule has 138 valence electrons. The first-order chi connectivity index (χ1) is 12.6. The molecule has 2 aromatic rings. The molecule has 6 nitrogen and oxygen atoms in total. The summed E-state index contributed by atoms with van der Waals surface area (Å²) in [7, 11) is 0. The fourth-order valence-electron chi connectivity index (χ4n) is 2.57. The zero-order valence-electron chi connectivity index (χ0n) is 15.1. The summed E-state index contributed by atoms with van der Waals surface area (Å²) in [5.74, 6) is 1.92. The number of ether oxygens (including phenoxy) is 1. The molecule has 0 aliphatic heterocycles. The van der Waals surface area contributed by atoms with Crippen LogP contribution in [0.15, 0.2) is 42.1 Å². The largest absolute Gasteiger partial charge is 0.482 e. The molecule has 1 aromatic heterocycles. The van der Waals surface area contributed by atoms with E-state index in [9.17, 15) is 4.79 Å². The molecular formula is C19H24N4O2S. The summed E-state index contributed by atoms with van der Waals surface area (Å²) < 4.78 is 8.02. The van der Waals surface area contributed by atoms with Gasteiger partial charge in [-0.2, -0.15) is 0 Å². The summed E-state index contributed by atoms with van der Waals surface area (Å²) in [6.07, 6.45) is 3.70. The molecular weight excluding hydrogens is 348 g/mol. The topological polar surface area (TPSA) is 69.0 Å². The predicted octanol–water partition coefficient (Wildman–Crippen LogP) is 3.28. The van der Waals surface area contributed by atoms with E-state index in [-0.39, 0.29) is 12.0 Å². The SMILES string of the molecule is C=CCn1c(SCC(=O)NC2CC2)nnc1C(C)Oc1ccccc1C. The Labute approximate surface area is 158 Å². The van der Waals surface area contributed by atoms with Gasteiger partial charge in [0.1, 0.15) is 5.75 Å². The van der Waals surface area contributed by atoms with Gasteiger partial charge < -0.3 is 10.1 Å². The number of nitrogens with zero attached hydrogens (tertiary/aromatic N) is 3. The van der Waals surface area contributed by atoms with Crippen molar-refractivity contribution in [3.05, 3.63) is 48.3 Å². The standard InChI is InChI=1S/C19H24N4O2S/c1-4-11-23-18(14(3)25-16-8-6-5-7-13(16)2)21-22-19(23)26-12-17(24)20-15-9-10-15/h4-8,14-15H,1,9-12H2,2-3H3,(H,20,24). The van der Waals surface area contributed by atoms with Crippen molar-refractivity contribution in [3.8, 4) is 5.75 Å².